The van der Waals surface area contributed by atoms with Gasteiger partial charge in [0.15, 0.2) is 0 Å². The van der Waals surface area contributed by atoms with E-state index in [9.17, 15) is 18.0 Å². The minimum atomic E-state index is -4.47. The summed E-state index contributed by atoms with van der Waals surface area (Å²) in [6.07, 6.45) is -2.33. The first-order valence-electron chi connectivity index (χ1n) is 6.05. The molecule has 0 saturated heterocycles. The molecule has 0 spiro atoms. The monoisotopic (exact) mass is 292 g/mol. The average molecular weight is 292 g/mol. The molecular weight excluding hydrogens is 281 g/mol. The van der Waals surface area contributed by atoms with Crippen LogP contribution in [0.2, 0.25) is 0 Å². The van der Waals surface area contributed by atoms with Gasteiger partial charge in [-0.1, -0.05) is 36.4 Å². The summed E-state index contributed by atoms with van der Waals surface area (Å²) < 4.78 is 39.2. The Morgan fingerprint density at radius 2 is 1.71 bits per heavy atom. The number of hydrogen-bond donors (Lipinski definition) is 1. The molecule has 0 aliphatic heterocycles. The van der Waals surface area contributed by atoms with Crippen molar-refractivity contribution in [1.82, 2.24) is 0 Å². The summed E-state index contributed by atoms with van der Waals surface area (Å²) in [4.78, 5) is 10.5. The zero-order chi connectivity index (χ0) is 15.5. The van der Waals surface area contributed by atoms with Crippen molar-refractivity contribution in [3.05, 3.63) is 65.7 Å². The minimum Gasteiger partial charge on any atom is -0.478 e. The molecule has 0 radical (unpaired) electrons. The van der Waals surface area contributed by atoms with Crippen molar-refractivity contribution in [3.63, 3.8) is 0 Å². The highest BCUT2D eigenvalue weighted by Crippen LogP contribution is 2.37. The van der Waals surface area contributed by atoms with Gasteiger partial charge in [-0.3, -0.25) is 0 Å². The first kappa shape index (κ1) is 14.8. The quantitative estimate of drug-likeness (QED) is 0.847. The highest BCUT2D eigenvalue weighted by molar-refractivity contribution is 5.85. The third kappa shape index (κ3) is 3.72. The van der Waals surface area contributed by atoms with E-state index in [0.29, 0.717) is 11.1 Å². The summed E-state index contributed by atoms with van der Waals surface area (Å²) in [5.74, 6) is -1.16. The molecule has 108 valence electrons. The van der Waals surface area contributed by atoms with Gasteiger partial charge in [-0.05, 0) is 34.9 Å². The van der Waals surface area contributed by atoms with E-state index in [-0.39, 0.29) is 5.56 Å². The number of halogens is 3. The Bertz CT molecular complexity index is 674. The molecule has 21 heavy (non-hydrogen) atoms. The summed E-state index contributed by atoms with van der Waals surface area (Å²) in [6, 6.07) is 11.7. The summed E-state index contributed by atoms with van der Waals surface area (Å²) in [7, 11) is 0. The van der Waals surface area contributed by atoms with Gasteiger partial charge in [0.05, 0.1) is 5.56 Å². The lowest BCUT2D eigenvalue weighted by Gasteiger charge is -2.14. The number of rotatable bonds is 3. The van der Waals surface area contributed by atoms with E-state index in [4.69, 9.17) is 5.11 Å². The van der Waals surface area contributed by atoms with Crippen LogP contribution < -0.4 is 0 Å². The van der Waals surface area contributed by atoms with Crippen LogP contribution in [0.25, 0.3) is 17.2 Å². The van der Waals surface area contributed by atoms with E-state index < -0.39 is 17.7 Å². The molecular formula is C16H11F3O2. The van der Waals surface area contributed by atoms with Gasteiger partial charge in [-0.25, -0.2) is 4.79 Å². The molecule has 0 saturated carbocycles. The van der Waals surface area contributed by atoms with Crippen LogP contribution in [0, 0.1) is 0 Å². The molecule has 1 N–H and O–H groups in total. The lowest BCUT2D eigenvalue weighted by molar-refractivity contribution is -0.137. The fraction of sp³-hybridized carbons (Fsp3) is 0.0625. The van der Waals surface area contributed by atoms with Gasteiger partial charge in [0.2, 0.25) is 0 Å². The van der Waals surface area contributed by atoms with Gasteiger partial charge in [0.1, 0.15) is 0 Å². The Hall–Kier alpha value is -2.56. The van der Waals surface area contributed by atoms with E-state index in [1.54, 1.807) is 30.3 Å². The first-order valence-corrected chi connectivity index (χ1v) is 6.05. The maximum absolute atomic E-state index is 13.1. The van der Waals surface area contributed by atoms with Crippen LogP contribution in [0.15, 0.2) is 54.6 Å². The second-order valence-corrected chi connectivity index (χ2v) is 4.34. The maximum Gasteiger partial charge on any atom is 0.417 e. The topological polar surface area (TPSA) is 37.3 Å². The van der Waals surface area contributed by atoms with Crippen molar-refractivity contribution in [3.8, 4) is 11.1 Å². The Morgan fingerprint density at radius 3 is 2.29 bits per heavy atom. The minimum absolute atomic E-state index is 0.0237. The third-order valence-corrected chi connectivity index (χ3v) is 2.85. The number of carboxylic acids is 1. The summed E-state index contributed by atoms with van der Waals surface area (Å²) in [5.41, 5.74) is 0.0940. The molecule has 2 aromatic carbocycles. The van der Waals surface area contributed by atoms with Gasteiger partial charge in [0.25, 0.3) is 0 Å². The van der Waals surface area contributed by atoms with Crippen LogP contribution in [0.5, 0.6) is 0 Å². The first-order chi connectivity index (χ1) is 9.88. The van der Waals surface area contributed by atoms with E-state index >= 15 is 0 Å². The molecule has 0 heterocycles. The van der Waals surface area contributed by atoms with Crippen LogP contribution in [0.4, 0.5) is 13.2 Å². The van der Waals surface area contributed by atoms with E-state index in [2.05, 4.69) is 0 Å². The Kier molecular flexibility index (Phi) is 4.12. The molecule has 0 fully saturated rings. The van der Waals surface area contributed by atoms with E-state index in [1.807, 2.05) is 0 Å². The van der Waals surface area contributed by atoms with Gasteiger partial charge in [0, 0.05) is 6.08 Å². The van der Waals surface area contributed by atoms with Crippen molar-refractivity contribution in [2.24, 2.45) is 0 Å². The van der Waals surface area contributed by atoms with E-state index in [1.165, 1.54) is 18.2 Å². The molecule has 0 aliphatic carbocycles. The van der Waals surface area contributed by atoms with Crippen molar-refractivity contribution in [2.75, 3.05) is 0 Å². The van der Waals surface area contributed by atoms with Crippen LogP contribution in [0.1, 0.15) is 11.1 Å². The molecule has 0 bridgehead atoms. The molecule has 0 amide bonds. The van der Waals surface area contributed by atoms with E-state index in [0.717, 1.165) is 12.1 Å². The molecule has 0 atom stereocenters. The van der Waals surface area contributed by atoms with Gasteiger partial charge in [-0.2, -0.15) is 13.2 Å². The molecule has 2 rings (SSSR count). The Morgan fingerprint density at radius 1 is 1.05 bits per heavy atom. The second-order valence-electron chi connectivity index (χ2n) is 4.34. The number of benzene rings is 2. The largest absolute Gasteiger partial charge is 0.478 e. The maximum atomic E-state index is 13.1. The van der Waals surface area contributed by atoms with Crippen molar-refractivity contribution >= 4 is 12.0 Å². The van der Waals surface area contributed by atoms with Crippen LogP contribution >= 0.6 is 0 Å². The second kappa shape index (κ2) is 5.83. The molecule has 0 aromatic heterocycles. The highest BCUT2D eigenvalue weighted by Gasteiger charge is 2.33. The van der Waals surface area contributed by atoms with Crippen LogP contribution in [-0.2, 0) is 11.0 Å². The lowest BCUT2D eigenvalue weighted by atomic mass is 9.96. The SMILES string of the molecule is O=C(O)C=Cc1ccc(C(F)(F)F)c(-c2ccccc2)c1. The third-order valence-electron chi connectivity index (χ3n) is 2.85. The van der Waals surface area contributed by atoms with Crippen molar-refractivity contribution < 1.29 is 23.1 Å². The number of carboxylic acid groups (broad SMARTS) is 1. The summed E-state index contributed by atoms with van der Waals surface area (Å²) >= 11 is 0. The molecule has 5 heteroatoms. The van der Waals surface area contributed by atoms with Crippen molar-refractivity contribution in [2.45, 2.75) is 6.18 Å². The van der Waals surface area contributed by atoms with Gasteiger partial charge >= 0.3 is 12.1 Å². The zero-order valence-corrected chi connectivity index (χ0v) is 10.8. The summed E-state index contributed by atoms with van der Waals surface area (Å²) in [6.45, 7) is 0. The fourth-order valence-corrected chi connectivity index (χ4v) is 1.94. The molecule has 0 unspecified atom stereocenters. The number of alkyl halides is 3. The summed E-state index contributed by atoms with van der Waals surface area (Å²) in [5, 5.41) is 8.58. The number of hydrogen-bond acceptors (Lipinski definition) is 1. The van der Waals surface area contributed by atoms with Crippen LogP contribution in [0.3, 0.4) is 0 Å². The average Bonchev–Trinajstić information content (AvgIpc) is 2.44. The normalized spacial score (nSPS) is 11.8. The number of carbonyl (C=O) groups is 1. The zero-order valence-electron chi connectivity index (χ0n) is 10.8. The van der Waals surface area contributed by atoms with Crippen molar-refractivity contribution in [1.29, 1.82) is 0 Å². The van der Waals surface area contributed by atoms with Gasteiger partial charge < -0.3 is 5.11 Å². The molecule has 2 aromatic rings. The smallest absolute Gasteiger partial charge is 0.417 e. The molecule has 2 nitrogen and oxygen atoms in total. The lowest BCUT2D eigenvalue weighted by Crippen LogP contribution is -2.07. The predicted octanol–water partition coefficient (Wildman–Crippen LogP) is 4.47. The molecule has 0 aliphatic rings. The standard InChI is InChI=1S/C16H11F3O2/c17-16(18,19)14-8-6-11(7-9-15(20)21)10-13(14)12-4-2-1-3-5-12/h1-10H,(H,20,21). The van der Waals surface area contributed by atoms with Crippen LogP contribution in [-0.4, -0.2) is 11.1 Å². The number of aliphatic carboxylic acids is 1. The highest BCUT2D eigenvalue weighted by atomic mass is 19.4. The predicted molar refractivity (Wildman–Crippen MR) is 73.5 cm³/mol. The Balaban J connectivity index is 2.57. The van der Waals surface area contributed by atoms with Gasteiger partial charge in [-0.15, -0.1) is 0 Å². The fourth-order valence-electron chi connectivity index (χ4n) is 1.94. The Labute approximate surface area is 119 Å².